The lowest BCUT2D eigenvalue weighted by Crippen LogP contribution is -2.35. The maximum atomic E-state index is 5.11. The summed E-state index contributed by atoms with van der Waals surface area (Å²) in [5.41, 5.74) is 2.71. The van der Waals surface area contributed by atoms with Crippen LogP contribution in [0.25, 0.3) is 5.57 Å². The SMILES string of the molecule is COc1ccc(C2=CCC3CNCC(C2)C3)cn1. The Morgan fingerprint density at radius 3 is 2.94 bits per heavy atom. The van der Waals surface area contributed by atoms with Gasteiger partial charge in [-0.05, 0) is 61.4 Å². The van der Waals surface area contributed by atoms with Crippen LogP contribution >= 0.6 is 0 Å². The highest BCUT2D eigenvalue weighted by atomic mass is 16.5. The van der Waals surface area contributed by atoms with E-state index < -0.39 is 0 Å². The Hall–Kier alpha value is -1.35. The minimum Gasteiger partial charge on any atom is -0.481 e. The smallest absolute Gasteiger partial charge is 0.212 e. The van der Waals surface area contributed by atoms with Crippen molar-refractivity contribution in [1.29, 1.82) is 0 Å². The van der Waals surface area contributed by atoms with Crippen molar-refractivity contribution >= 4 is 5.57 Å². The highest BCUT2D eigenvalue weighted by Gasteiger charge is 2.25. The van der Waals surface area contributed by atoms with Gasteiger partial charge in [0.05, 0.1) is 7.11 Å². The number of nitrogens with zero attached hydrogens (tertiary/aromatic N) is 1. The predicted molar refractivity (Wildman–Crippen MR) is 72.5 cm³/mol. The fourth-order valence-corrected chi connectivity index (χ4v) is 3.09. The summed E-state index contributed by atoms with van der Waals surface area (Å²) >= 11 is 0. The number of pyridine rings is 1. The molecule has 1 N–H and O–H groups in total. The third kappa shape index (κ3) is 2.41. The molecule has 3 rings (SSSR count). The summed E-state index contributed by atoms with van der Waals surface area (Å²) in [6.07, 6.45) is 8.10. The van der Waals surface area contributed by atoms with Crippen LogP contribution < -0.4 is 10.1 Å². The molecule has 1 aromatic heterocycles. The third-order valence-electron chi connectivity index (χ3n) is 4.06. The van der Waals surface area contributed by atoms with E-state index in [2.05, 4.69) is 22.4 Å². The van der Waals surface area contributed by atoms with Gasteiger partial charge in [0.15, 0.2) is 0 Å². The number of hydrogen-bond donors (Lipinski definition) is 1. The van der Waals surface area contributed by atoms with E-state index in [0.29, 0.717) is 5.88 Å². The third-order valence-corrected chi connectivity index (χ3v) is 4.06. The number of rotatable bonds is 2. The number of methoxy groups -OCH3 is 1. The van der Waals surface area contributed by atoms with E-state index >= 15 is 0 Å². The fourth-order valence-electron chi connectivity index (χ4n) is 3.09. The highest BCUT2D eigenvalue weighted by molar-refractivity contribution is 5.65. The second kappa shape index (κ2) is 5.11. The molecular weight excluding hydrogens is 224 g/mol. The molecule has 0 radical (unpaired) electrons. The Bertz CT molecular complexity index is 438. The van der Waals surface area contributed by atoms with Gasteiger partial charge in [0.2, 0.25) is 5.88 Å². The van der Waals surface area contributed by atoms with Crippen molar-refractivity contribution in [1.82, 2.24) is 10.3 Å². The van der Waals surface area contributed by atoms with Crippen LogP contribution in [0.5, 0.6) is 5.88 Å². The summed E-state index contributed by atoms with van der Waals surface area (Å²) in [4.78, 5) is 4.31. The summed E-state index contributed by atoms with van der Waals surface area (Å²) in [6, 6.07) is 4.08. The lowest BCUT2D eigenvalue weighted by Gasteiger charge is -2.27. The van der Waals surface area contributed by atoms with Gasteiger partial charge in [-0.2, -0.15) is 0 Å². The molecule has 96 valence electrons. The quantitative estimate of drug-likeness (QED) is 0.868. The second-order valence-electron chi connectivity index (χ2n) is 5.38. The molecule has 18 heavy (non-hydrogen) atoms. The molecule has 3 heteroatoms. The average molecular weight is 244 g/mol. The highest BCUT2D eigenvalue weighted by Crippen LogP contribution is 2.34. The fraction of sp³-hybridized carbons (Fsp3) is 0.533. The molecule has 0 spiro atoms. The molecule has 2 heterocycles. The van der Waals surface area contributed by atoms with Crippen LogP contribution in [0.2, 0.25) is 0 Å². The van der Waals surface area contributed by atoms with Crippen molar-refractivity contribution in [2.24, 2.45) is 11.8 Å². The molecule has 2 unspecified atom stereocenters. The molecule has 1 aromatic rings. The van der Waals surface area contributed by atoms with Crippen LogP contribution in [0.4, 0.5) is 0 Å². The number of allylic oxidation sites excluding steroid dienone is 2. The lowest BCUT2D eigenvalue weighted by molar-refractivity contribution is 0.298. The summed E-state index contributed by atoms with van der Waals surface area (Å²) in [5.74, 6) is 2.31. The molecule has 1 aliphatic heterocycles. The monoisotopic (exact) mass is 244 g/mol. The molecule has 2 bridgehead atoms. The molecule has 2 aliphatic rings. The number of fused-ring (bicyclic) bond motifs is 2. The van der Waals surface area contributed by atoms with Crippen LogP contribution in [0.1, 0.15) is 24.8 Å². The maximum Gasteiger partial charge on any atom is 0.212 e. The minimum absolute atomic E-state index is 0.688. The largest absolute Gasteiger partial charge is 0.481 e. The summed E-state index contributed by atoms with van der Waals surface area (Å²) in [5, 5.41) is 3.55. The number of ether oxygens (including phenoxy) is 1. The van der Waals surface area contributed by atoms with Gasteiger partial charge in [-0.3, -0.25) is 0 Å². The standard InChI is InChI=1S/C15H20N2O/c1-18-15-5-4-14(10-17-15)13-3-2-11-6-12(7-13)9-16-8-11/h3-5,10-12,16H,2,6-9H2,1H3. The first kappa shape index (κ1) is 11.7. The van der Waals surface area contributed by atoms with Crippen LogP contribution in [0, 0.1) is 11.8 Å². The Labute approximate surface area is 108 Å². The van der Waals surface area contributed by atoms with E-state index in [-0.39, 0.29) is 0 Å². The van der Waals surface area contributed by atoms with E-state index in [1.807, 2.05) is 12.3 Å². The topological polar surface area (TPSA) is 34.1 Å². The number of nitrogens with one attached hydrogen (secondary N) is 1. The zero-order valence-electron chi connectivity index (χ0n) is 10.9. The van der Waals surface area contributed by atoms with Gasteiger partial charge in [-0.25, -0.2) is 4.98 Å². The van der Waals surface area contributed by atoms with Gasteiger partial charge in [0.25, 0.3) is 0 Å². The first-order valence-electron chi connectivity index (χ1n) is 6.75. The minimum atomic E-state index is 0.688. The van der Waals surface area contributed by atoms with Crippen LogP contribution in [-0.4, -0.2) is 25.2 Å². The van der Waals surface area contributed by atoms with Gasteiger partial charge >= 0.3 is 0 Å². The molecule has 0 amide bonds. The van der Waals surface area contributed by atoms with Gasteiger partial charge in [0, 0.05) is 12.3 Å². The molecule has 1 fully saturated rings. The van der Waals surface area contributed by atoms with Crippen molar-refractivity contribution in [2.45, 2.75) is 19.3 Å². The Kier molecular flexibility index (Phi) is 3.33. The van der Waals surface area contributed by atoms with Gasteiger partial charge in [-0.1, -0.05) is 6.08 Å². The molecule has 1 saturated heterocycles. The van der Waals surface area contributed by atoms with Crippen LogP contribution in [-0.2, 0) is 0 Å². The molecular formula is C15H20N2O. The number of piperidine rings is 1. The van der Waals surface area contributed by atoms with Crippen molar-refractivity contribution < 1.29 is 4.74 Å². The Morgan fingerprint density at radius 2 is 2.17 bits per heavy atom. The zero-order valence-corrected chi connectivity index (χ0v) is 10.9. The Morgan fingerprint density at radius 1 is 1.28 bits per heavy atom. The van der Waals surface area contributed by atoms with Crippen molar-refractivity contribution in [3.8, 4) is 5.88 Å². The summed E-state index contributed by atoms with van der Waals surface area (Å²) in [7, 11) is 1.65. The normalized spacial score (nSPS) is 27.3. The average Bonchev–Trinajstić information content (AvgIpc) is 2.57. The molecule has 2 atom stereocenters. The second-order valence-corrected chi connectivity index (χ2v) is 5.38. The number of aromatic nitrogens is 1. The van der Waals surface area contributed by atoms with Crippen LogP contribution in [0.15, 0.2) is 24.4 Å². The van der Waals surface area contributed by atoms with Crippen molar-refractivity contribution in [3.05, 3.63) is 30.0 Å². The van der Waals surface area contributed by atoms with Crippen molar-refractivity contribution in [2.75, 3.05) is 20.2 Å². The molecule has 0 saturated carbocycles. The molecule has 1 aliphatic carbocycles. The lowest BCUT2D eigenvalue weighted by atomic mass is 9.88. The van der Waals surface area contributed by atoms with E-state index in [1.165, 1.54) is 36.9 Å². The predicted octanol–water partition coefficient (Wildman–Crippen LogP) is 2.49. The molecule has 0 aromatic carbocycles. The summed E-state index contributed by atoms with van der Waals surface area (Å²) < 4.78 is 5.11. The van der Waals surface area contributed by atoms with E-state index in [4.69, 9.17) is 4.74 Å². The maximum absolute atomic E-state index is 5.11. The van der Waals surface area contributed by atoms with Crippen LogP contribution in [0.3, 0.4) is 0 Å². The van der Waals surface area contributed by atoms with Gasteiger partial charge in [0.1, 0.15) is 0 Å². The zero-order chi connectivity index (χ0) is 12.4. The number of hydrogen-bond acceptors (Lipinski definition) is 3. The van der Waals surface area contributed by atoms with E-state index in [1.54, 1.807) is 7.11 Å². The molecule has 3 nitrogen and oxygen atoms in total. The van der Waals surface area contributed by atoms with Crippen molar-refractivity contribution in [3.63, 3.8) is 0 Å². The van der Waals surface area contributed by atoms with E-state index in [0.717, 1.165) is 18.4 Å². The first-order chi connectivity index (χ1) is 8.85. The van der Waals surface area contributed by atoms with Gasteiger partial charge in [-0.15, -0.1) is 0 Å². The summed E-state index contributed by atoms with van der Waals surface area (Å²) in [6.45, 7) is 2.35. The Balaban J connectivity index is 1.81. The van der Waals surface area contributed by atoms with E-state index in [9.17, 15) is 0 Å². The van der Waals surface area contributed by atoms with Gasteiger partial charge < -0.3 is 10.1 Å². The first-order valence-corrected chi connectivity index (χ1v) is 6.75.